The summed E-state index contributed by atoms with van der Waals surface area (Å²) in [6.45, 7) is 8.02. The Balaban J connectivity index is 2.94. The van der Waals surface area contributed by atoms with Gasteiger partial charge in [-0.2, -0.15) is 0 Å². The van der Waals surface area contributed by atoms with Crippen LogP contribution in [0, 0.1) is 6.92 Å². The van der Waals surface area contributed by atoms with Crippen molar-refractivity contribution in [3.63, 3.8) is 0 Å². The number of rotatable bonds is 1. The summed E-state index contributed by atoms with van der Waals surface area (Å²) in [6.07, 6.45) is 3.56. The Kier molecular flexibility index (Phi) is 1.56. The SMILES string of the molecule is [CH2]c1cncn1C(C)C. The van der Waals surface area contributed by atoms with Gasteiger partial charge in [0.15, 0.2) is 0 Å². The van der Waals surface area contributed by atoms with Gasteiger partial charge >= 0.3 is 0 Å². The van der Waals surface area contributed by atoms with Crippen molar-refractivity contribution in [2.24, 2.45) is 0 Å². The molecule has 0 amide bonds. The summed E-state index contributed by atoms with van der Waals surface area (Å²) < 4.78 is 2.03. The first kappa shape index (κ1) is 6.33. The lowest BCUT2D eigenvalue weighted by molar-refractivity contribution is 0.592. The Labute approximate surface area is 55.5 Å². The van der Waals surface area contributed by atoms with Crippen LogP contribution < -0.4 is 0 Å². The Morgan fingerprint density at radius 3 is 2.56 bits per heavy atom. The standard InChI is InChI=1S/C7H11N2/c1-6(2)9-5-8-4-7(9)3/h4-6H,3H2,1-2H3. The first-order valence-electron chi connectivity index (χ1n) is 3.05. The molecule has 2 nitrogen and oxygen atoms in total. The average Bonchev–Trinajstić information content (AvgIpc) is 2.13. The quantitative estimate of drug-likeness (QED) is 0.555. The molecule has 1 heterocycles. The van der Waals surface area contributed by atoms with Gasteiger partial charge in [0, 0.05) is 17.9 Å². The van der Waals surface area contributed by atoms with Crippen molar-refractivity contribution < 1.29 is 0 Å². The lowest BCUT2D eigenvalue weighted by Crippen LogP contribution is -1.99. The zero-order chi connectivity index (χ0) is 6.85. The Hall–Kier alpha value is -0.790. The van der Waals surface area contributed by atoms with Crippen molar-refractivity contribution in [1.29, 1.82) is 0 Å². The molecule has 9 heavy (non-hydrogen) atoms. The number of imidazole rings is 1. The summed E-state index contributed by atoms with van der Waals surface area (Å²) in [5.74, 6) is 0. The molecule has 49 valence electrons. The molecule has 0 aliphatic carbocycles. The molecular formula is C7H11N2. The van der Waals surface area contributed by atoms with Gasteiger partial charge in [-0.05, 0) is 20.8 Å². The number of hydrogen-bond donors (Lipinski definition) is 0. The van der Waals surface area contributed by atoms with Crippen molar-refractivity contribution in [3.05, 3.63) is 25.1 Å². The third-order valence-electron chi connectivity index (χ3n) is 1.30. The highest BCUT2D eigenvalue weighted by Crippen LogP contribution is 2.05. The maximum absolute atomic E-state index is 3.94. The molecule has 1 radical (unpaired) electrons. The predicted octanol–water partition coefficient (Wildman–Crippen LogP) is 1.65. The summed E-state index contributed by atoms with van der Waals surface area (Å²) >= 11 is 0. The summed E-state index contributed by atoms with van der Waals surface area (Å²) in [6, 6.07) is 0.472. The van der Waals surface area contributed by atoms with Crippen LogP contribution in [0.2, 0.25) is 0 Å². The van der Waals surface area contributed by atoms with Gasteiger partial charge in [-0.15, -0.1) is 0 Å². The van der Waals surface area contributed by atoms with Crippen molar-refractivity contribution in [2.75, 3.05) is 0 Å². The van der Waals surface area contributed by atoms with Crippen LogP contribution in [0.4, 0.5) is 0 Å². The van der Waals surface area contributed by atoms with Crippen LogP contribution >= 0.6 is 0 Å². The molecule has 0 spiro atoms. The van der Waals surface area contributed by atoms with Crippen molar-refractivity contribution in [1.82, 2.24) is 9.55 Å². The molecule has 0 N–H and O–H groups in total. The second-order valence-corrected chi connectivity index (χ2v) is 2.39. The minimum absolute atomic E-state index is 0.472. The Morgan fingerprint density at radius 2 is 2.33 bits per heavy atom. The van der Waals surface area contributed by atoms with Gasteiger partial charge in [-0.25, -0.2) is 4.98 Å². The average molecular weight is 123 g/mol. The summed E-state index contributed by atoms with van der Waals surface area (Å²) in [7, 11) is 0. The largest absolute Gasteiger partial charge is 0.332 e. The molecule has 0 saturated heterocycles. The lowest BCUT2D eigenvalue weighted by atomic mass is 10.4. The maximum Gasteiger partial charge on any atom is 0.0950 e. The van der Waals surface area contributed by atoms with Crippen LogP contribution in [-0.4, -0.2) is 9.55 Å². The fourth-order valence-corrected chi connectivity index (χ4v) is 0.797. The van der Waals surface area contributed by atoms with E-state index in [9.17, 15) is 0 Å². The molecule has 0 saturated carbocycles. The fraction of sp³-hybridized carbons (Fsp3) is 0.429. The smallest absolute Gasteiger partial charge is 0.0950 e. The van der Waals surface area contributed by atoms with Crippen LogP contribution in [0.5, 0.6) is 0 Å². The van der Waals surface area contributed by atoms with Gasteiger partial charge in [-0.3, -0.25) is 0 Å². The van der Waals surface area contributed by atoms with E-state index in [0.29, 0.717) is 6.04 Å². The van der Waals surface area contributed by atoms with E-state index in [4.69, 9.17) is 0 Å². The second-order valence-electron chi connectivity index (χ2n) is 2.39. The van der Waals surface area contributed by atoms with Crippen LogP contribution in [0.1, 0.15) is 25.6 Å². The molecule has 1 rings (SSSR count). The van der Waals surface area contributed by atoms with E-state index in [1.54, 1.807) is 12.5 Å². The molecule has 0 aliphatic rings. The molecule has 1 aromatic rings. The molecular weight excluding hydrogens is 112 g/mol. The molecule has 0 bridgehead atoms. The summed E-state index contributed by atoms with van der Waals surface area (Å²) in [5, 5.41) is 0. The molecule has 0 aliphatic heterocycles. The first-order valence-corrected chi connectivity index (χ1v) is 3.05. The van der Waals surface area contributed by atoms with Crippen LogP contribution in [-0.2, 0) is 0 Å². The molecule has 2 heteroatoms. The van der Waals surface area contributed by atoms with E-state index < -0.39 is 0 Å². The van der Waals surface area contributed by atoms with E-state index in [1.807, 2.05) is 4.57 Å². The van der Waals surface area contributed by atoms with Gasteiger partial charge in [0.05, 0.1) is 6.33 Å². The molecule has 0 aromatic carbocycles. The van der Waals surface area contributed by atoms with E-state index in [2.05, 4.69) is 25.8 Å². The lowest BCUT2D eigenvalue weighted by Gasteiger charge is -2.07. The normalized spacial score (nSPS) is 10.7. The van der Waals surface area contributed by atoms with Gasteiger partial charge in [-0.1, -0.05) is 0 Å². The highest BCUT2D eigenvalue weighted by molar-refractivity contribution is 5.02. The Bertz CT molecular complexity index is 189. The van der Waals surface area contributed by atoms with Crippen LogP contribution in [0.15, 0.2) is 12.5 Å². The van der Waals surface area contributed by atoms with E-state index in [1.165, 1.54) is 0 Å². The van der Waals surface area contributed by atoms with E-state index in [-0.39, 0.29) is 0 Å². The summed E-state index contributed by atoms with van der Waals surface area (Å²) in [4.78, 5) is 3.94. The number of nitrogens with zero attached hydrogens (tertiary/aromatic N) is 2. The van der Waals surface area contributed by atoms with E-state index >= 15 is 0 Å². The number of hydrogen-bond acceptors (Lipinski definition) is 1. The topological polar surface area (TPSA) is 17.8 Å². The monoisotopic (exact) mass is 123 g/mol. The first-order chi connectivity index (χ1) is 4.22. The fourth-order valence-electron chi connectivity index (χ4n) is 0.797. The molecule has 0 unspecified atom stereocenters. The van der Waals surface area contributed by atoms with Crippen LogP contribution in [0.25, 0.3) is 0 Å². The second kappa shape index (κ2) is 2.21. The van der Waals surface area contributed by atoms with Gasteiger partial charge < -0.3 is 4.57 Å². The predicted molar refractivity (Wildman–Crippen MR) is 37.1 cm³/mol. The third kappa shape index (κ3) is 1.12. The highest BCUT2D eigenvalue weighted by atomic mass is 15.1. The molecule has 0 atom stereocenters. The molecule has 0 fully saturated rings. The van der Waals surface area contributed by atoms with Crippen molar-refractivity contribution >= 4 is 0 Å². The van der Waals surface area contributed by atoms with E-state index in [0.717, 1.165) is 5.69 Å². The molecule has 1 aromatic heterocycles. The third-order valence-corrected chi connectivity index (χ3v) is 1.30. The van der Waals surface area contributed by atoms with Crippen LogP contribution in [0.3, 0.4) is 0 Å². The van der Waals surface area contributed by atoms with Gasteiger partial charge in [0.2, 0.25) is 0 Å². The number of aromatic nitrogens is 2. The minimum Gasteiger partial charge on any atom is -0.332 e. The van der Waals surface area contributed by atoms with Gasteiger partial charge in [0.1, 0.15) is 0 Å². The highest BCUT2D eigenvalue weighted by Gasteiger charge is 1.97. The zero-order valence-electron chi connectivity index (χ0n) is 5.83. The van der Waals surface area contributed by atoms with Crippen molar-refractivity contribution in [3.8, 4) is 0 Å². The maximum atomic E-state index is 3.94. The Morgan fingerprint density at radius 1 is 1.67 bits per heavy atom. The minimum atomic E-state index is 0.472. The van der Waals surface area contributed by atoms with Gasteiger partial charge in [0.25, 0.3) is 0 Å². The zero-order valence-corrected chi connectivity index (χ0v) is 5.83. The van der Waals surface area contributed by atoms with Crippen molar-refractivity contribution in [2.45, 2.75) is 19.9 Å². The summed E-state index contributed by atoms with van der Waals surface area (Å²) in [5.41, 5.74) is 0.977.